The number of benzene rings is 1. The molecule has 0 amide bonds. The molecule has 0 spiro atoms. The molecule has 2 aromatic rings. The van der Waals surface area contributed by atoms with Crippen molar-refractivity contribution in [3.05, 3.63) is 35.0 Å². The quantitative estimate of drug-likeness (QED) is 0.858. The average Bonchev–Trinajstić information content (AvgIpc) is 2.68. The Bertz CT molecular complexity index is 552. The highest BCUT2D eigenvalue weighted by atomic mass is 35.5. The maximum Gasteiger partial charge on any atom is 0.152 e. The Morgan fingerprint density at radius 1 is 1.44 bits per heavy atom. The van der Waals surface area contributed by atoms with Crippen LogP contribution in [0.4, 0.5) is 0 Å². The molecule has 3 nitrogen and oxygen atoms in total. The lowest BCUT2D eigenvalue weighted by molar-refractivity contribution is 0.261. The second-order valence-electron chi connectivity index (χ2n) is 4.86. The normalized spacial score (nSPS) is 22.2. The Balaban J connectivity index is 2.05. The predicted octanol–water partition coefficient (Wildman–Crippen LogP) is 3.05. The summed E-state index contributed by atoms with van der Waals surface area (Å²) in [6.07, 6.45) is 3.04. The first-order valence-electron chi connectivity index (χ1n) is 6.34. The largest absolute Gasteiger partial charge is 0.462 e. The third kappa shape index (κ3) is 2.03. The van der Waals surface area contributed by atoms with Gasteiger partial charge in [-0.3, -0.25) is 4.90 Å². The van der Waals surface area contributed by atoms with Crippen LogP contribution in [0.2, 0.25) is 5.02 Å². The summed E-state index contributed by atoms with van der Waals surface area (Å²) in [4.78, 5) is 2.38. The first-order valence-corrected chi connectivity index (χ1v) is 6.72. The molecule has 1 unspecified atom stereocenters. The lowest BCUT2D eigenvalue weighted by atomic mass is 10.0. The van der Waals surface area contributed by atoms with Crippen molar-refractivity contribution in [2.24, 2.45) is 0 Å². The van der Waals surface area contributed by atoms with Crippen LogP contribution in [0.3, 0.4) is 0 Å². The monoisotopic (exact) mass is 264 g/mol. The summed E-state index contributed by atoms with van der Waals surface area (Å²) in [6.45, 7) is 3.14. The number of fused-ring (bicyclic) bond motifs is 1. The van der Waals surface area contributed by atoms with Crippen LogP contribution in [-0.2, 0) is 0 Å². The van der Waals surface area contributed by atoms with E-state index in [1.165, 1.54) is 12.0 Å². The van der Waals surface area contributed by atoms with E-state index >= 15 is 0 Å². The summed E-state index contributed by atoms with van der Waals surface area (Å²) in [5, 5.41) is 5.29. The third-order valence-electron chi connectivity index (χ3n) is 3.67. The molecule has 0 aliphatic carbocycles. The van der Waals surface area contributed by atoms with E-state index in [-0.39, 0.29) is 0 Å². The van der Waals surface area contributed by atoms with Crippen LogP contribution >= 0.6 is 11.6 Å². The van der Waals surface area contributed by atoms with E-state index in [0.717, 1.165) is 30.6 Å². The van der Waals surface area contributed by atoms with Crippen LogP contribution in [0.1, 0.15) is 18.0 Å². The maximum atomic E-state index is 6.15. The van der Waals surface area contributed by atoms with Crippen molar-refractivity contribution in [1.82, 2.24) is 10.2 Å². The zero-order chi connectivity index (χ0) is 12.5. The minimum absolute atomic E-state index is 0.354. The van der Waals surface area contributed by atoms with Gasteiger partial charge in [0.1, 0.15) is 0 Å². The van der Waals surface area contributed by atoms with Crippen molar-refractivity contribution in [2.75, 3.05) is 26.7 Å². The molecule has 1 N–H and O–H groups in total. The number of hydrogen-bond acceptors (Lipinski definition) is 3. The molecule has 1 fully saturated rings. The SMILES string of the molecule is CN1CCCNCC1c1coc2c(Cl)cccc12. The molecule has 3 rings (SSSR count). The van der Waals surface area contributed by atoms with E-state index in [4.69, 9.17) is 16.0 Å². The van der Waals surface area contributed by atoms with E-state index in [1.54, 1.807) is 0 Å². The Kier molecular flexibility index (Phi) is 3.29. The molecule has 18 heavy (non-hydrogen) atoms. The number of furan rings is 1. The average molecular weight is 265 g/mol. The fourth-order valence-electron chi connectivity index (χ4n) is 2.65. The molecule has 0 bridgehead atoms. The van der Waals surface area contributed by atoms with E-state index in [1.807, 2.05) is 18.4 Å². The van der Waals surface area contributed by atoms with Gasteiger partial charge in [0.15, 0.2) is 5.58 Å². The fraction of sp³-hybridized carbons (Fsp3) is 0.429. The molecule has 1 aromatic heterocycles. The third-order valence-corrected chi connectivity index (χ3v) is 3.97. The molecular weight excluding hydrogens is 248 g/mol. The van der Waals surface area contributed by atoms with Crippen molar-refractivity contribution in [2.45, 2.75) is 12.5 Å². The number of nitrogens with one attached hydrogen (secondary N) is 1. The summed E-state index contributed by atoms with van der Waals surface area (Å²) in [6, 6.07) is 6.28. The zero-order valence-corrected chi connectivity index (χ0v) is 11.2. The second kappa shape index (κ2) is 4.92. The summed E-state index contributed by atoms with van der Waals surface area (Å²) in [7, 11) is 2.17. The Morgan fingerprint density at radius 2 is 2.33 bits per heavy atom. The Hall–Kier alpha value is -1.03. The summed E-state index contributed by atoms with van der Waals surface area (Å²) in [5.41, 5.74) is 2.02. The minimum Gasteiger partial charge on any atom is -0.462 e. The molecule has 0 saturated carbocycles. The van der Waals surface area contributed by atoms with E-state index in [0.29, 0.717) is 11.1 Å². The molecule has 1 aromatic carbocycles. The Morgan fingerprint density at radius 3 is 3.22 bits per heavy atom. The molecular formula is C14H17ClN2O. The number of likely N-dealkylation sites (N-methyl/N-ethyl adjacent to an activating group) is 1. The highest BCUT2D eigenvalue weighted by Crippen LogP contribution is 2.33. The van der Waals surface area contributed by atoms with Crippen molar-refractivity contribution in [1.29, 1.82) is 0 Å². The van der Waals surface area contributed by atoms with Gasteiger partial charge in [0, 0.05) is 17.5 Å². The molecule has 1 aliphatic rings. The topological polar surface area (TPSA) is 28.4 Å². The van der Waals surface area contributed by atoms with Gasteiger partial charge in [0.05, 0.1) is 17.3 Å². The first kappa shape index (κ1) is 12.0. The zero-order valence-electron chi connectivity index (χ0n) is 10.4. The first-order chi connectivity index (χ1) is 8.77. The smallest absolute Gasteiger partial charge is 0.152 e. The summed E-state index contributed by atoms with van der Waals surface area (Å²) < 4.78 is 5.64. The fourth-order valence-corrected chi connectivity index (χ4v) is 2.87. The van der Waals surface area contributed by atoms with Crippen LogP contribution in [0.15, 0.2) is 28.9 Å². The van der Waals surface area contributed by atoms with Crippen molar-refractivity contribution < 1.29 is 4.42 Å². The number of hydrogen-bond donors (Lipinski definition) is 1. The minimum atomic E-state index is 0.354. The highest BCUT2D eigenvalue weighted by Gasteiger charge is 2.23. The van der Waals surface area contributed by atoms with Crippen LogP contribution in [0.5, 0.6) is 0 Å². The van der Waals surface area contributed by atoms with Gasteiger partial charge < -0.3 is 9.73 Å². The van der Waals surface area contributed by atoms with Gasteiger partial charge in [0.25, 0.3) is 0 Å². The molecule has 0 radical (unpaired) electrons. The Labute approximate surface area is 112 Å². The molecule has 1 aliphatic heterocycles. The van der Waals surface area contributed by atoms with E-state index in [9.17, 15) is 0 Å². The number of para-hydroxylation sites is 1. The number of halogens is 1. The van der Waals surface area contributed by atoms with Gasteiger partial charge in [-0.15, -0.1) is 0 Å². The van der Waals surface area contributed by atoms with Gasteiger partial charge in [-0.05, 0) is 32.6 Å². The second-order valence-corrected chi connectivity index (χ2v) is 5.27. The summed E-state index contributed by atoms with van der Waals surface area (Å²) >= 11 is 6.15. The van der Waals surface area contributed by atoms with E-state index < -0.39 is 0 Å². The number of rotatable bonds is 1. The van der Waals surface area contributed by atoms with Gasteiger partial charge in [-0.1, -0.05) is 23.7 Å². The van der Waals surface area contributed by atoms with Crippen LogP contribution in [0, 0.1) is 0 Å². The summed E-state index contributed by atoms with van der Waals surface area (Å²) in [5.74, 6) is 0. The highest BCUT2D eigenvalue weighted by molar-refractivity contribution is 6.34. The van der Waals surface area contributed by atoms with Gasteiger partial charge in [-0.25, -0.2) is 0 Å². The van der Waals surface area contributed by atoms with Crippen molar-refractivity contribution >= 4 is 22.6 Å². The molecule has 2 heterocycles. The van der Waals surface area contributed by atoms with Gasteiger partial charge >= 0.3 is 0 Å². The van der Waals surface area contributed by atoms with Crippen LogP contribution in [-0.4, -0.2) is 31.6 Å². The van der Waals surface area contributed by atoms with E-state index in [2.05, 4.69) is 23.3 Å². The lowest BCUT2D eigenvalue weighted by Gasteiger charge is -2.24. The van der Waals surface area contributed by atoms with Crippen molar-refractivity contribution in [3.63, 3.8) is 0 Å². The van der Waals surface area contributed by atoms with Gasteiger partial charge in [-0.2, -0.15) is 0 Å². The number of nitrogens with zero attached hydrogens (tertiary/aromatic N) is 1. The lowest BCUT2D eigenvalue weighted by Crippen LogP contribution is -2.29. The molecule has 1 atom stereocenters. The molecule has 96 valence electrons. The predicted molar refractivity (Wildman–Crippen MR) is 74.1 cm³/mol. The van der Waals surface area contributed by atoms with Crippen molar-refractivity contribution in [3.8, 4) is 0 Å². The standard InChI is InChI=1S/C14H17ClN2O/c1-17-7-3-6-16-8-13(17)11-9-18-14-10(11)4-2-5-12(14)15/h2,4-5,9,13,16H,3,6-8H2,1H3. The maximum absolute atomic E-state index is 6.15. The van der Waals surface area contributed by atoms with Gasteiger partial charge in [0.2, 0.25) is 0 Å². The van der Waals surface area contributed by atoms with Crippen LogP contribution in [0.25, 0.3) is 11.0 Å². The molecule has 4 heteroatoms. The van der Waals surface area contributed by atoms with Crippen LogP contribution < -0.4 is 5.32 Å². The molecule has 1 saturated heterocycles.